The first-order chi connectivity index (χ1) is 11.4. The van der Waals surface area contributed by atoms with Gasteiger partial charge in [-0.25, -0.2) is 4.79 Å². The zero-order valence-electron chi connectivity index (χ0n) is 14.9. The number of amides is 1. The third-order valence-electron chi connectivity index (χ3n) is 4.96. The van der Waals surface area contributed by atoms with Crippen LogP contribution in [0, 0.1) is 18.8 Å². The van der Waals surface area contributed by atoms with Crippen LogP contribution in [0.4, 0.5) is 0 Å². The molecular formula is C19H27NO4. The number of carbonyl (C=O) groups excluding carboxylic acids is 2. The Balaban J connectivity index is 1.89. The number of hydrogen-bond donors (Lipinski definition) is 1. The molecular weight excluding hydrogens is 306 g/mol. The lowest BCUT2D eigenvalue weighted by Crippen LogP contribution is -2.45. The minimum atomic E-state index is -0.546. The van der Waals surface area contributed by atoms with Gasteiger partial charge in [-0.05, 0) is 37.3 Å². The summed E-state index contributed by atoms with van der Waals surface area (Å²) in [6, 6.07) is 5.43. The van der Waals surface area contributed by atoms with Crippen LogP contribution in [-0.2, 0) is 9.53 Å². The standard InChI is InChI=1S/C19H27NO4/c1-12-8-9-17(23-4)15(10-12)19(22)24-11-18(21)20-16-7-5-6-13(2)14(16)3/h8-10,13-14,16H,5-7,11H2,1-4H3,(H,20,21)/t13-,14+,16-/m1/s1. The highest BCUT2D eigenvalue weighted by atomic mass is 16.5. The van der Waals surface area contributed by atoms with Gasteiger partial charge in [-0.3, -0.25) is 4.79 Å². The van der Waals surface area contributed by atoms with Gasteiger partial charge in [0.1, 0.15) is 11.3 Å². The van der Waals surface area contributed by atoms with Crippen molar-refractivity contribution in [3.63, 3.8) is 0 Å². The molecule has 1 N–H and O–H groups in total. The maximum Gasteiger partial charge on any atom is 0.342 e. The van der Waals surface area contributed by atoms with E-state index >= 15 is 0 Å². The van der Waals surface area contributed by atoms with E-state index in [0.29, 0.717) is 23.1 Å². The fourth-order valence-corrected chi connectivity index (χ4v) is 3.22. The molecule has 5 heteroatoms. The molecule has 0 aliphatic heterocycles. The van der Waals surface area contributed by atoms with Crippen molar-refractivity contribution in [2.24, 2.45) is 11.8 Å². The summed E-state index contributed by atoms with van der Waals surface area (Å²) in [5, 5.41) is 3.00. The van der Waals surface area contributed by atoms with Gasteiger partial charge in [0, 0.05) is 6.04 Å². The molecule has 3 atom stereocenters. The Bertz CT molecular complexity index is 599. The first-order valence-corrected chi connectivity index (χ1v) is 8.53. The van der Waals surface area contributed by atoms with Crippen molar-refractivity contribution >= 4 is 11.9 Å². The summed E-state index contributed by atoms with van der Waals surface area (Å²) >= 11 is 0. The predicted molar refractivity (Wildman–Crippen MR) is 92.1 cm³/mol. The lowest BCUT2D eigenvalue weighted by molar-refractivity contribution is -0.125. The van der Waals surface area contributed by atoms with Crippen molar-refractivity contribution in [1.82, 2.24) is 5.32 Å². The zero-order valence-corrected chi connectivity index (χ0v) is 14.9. The molecule has 0 radical (unpaired) electrons. The summed E-state index contributed by atoms with van der Waals surface area (Å²) < 4.78 is 10.3. The largest absolute Gasteiger partial charge is 0.496 e. The second-order valence-corrected chi connectivity index (χ2v) is 6.72. The number of methoxy groups -OCH3 is 1. The monoisotopic (exact) mass is 333 g/mol. The van der Waals surface area contributed by atoms with Gasteiger partial charge in [0.15, 0.2) is 6.61 Å². The van der Waals surface area contributed by atoms with Gasteiger partial charge in [0.25, 0.3) is 5.91 Å². The molecule has 1 aliphatic carbocycles. The lowest BCUT2D eigenvalue weighted by atomic mass is 9.78. The van der Waals surface area contributed by atoms with Crippen LogP contribution >= 0.6 is 0 Å². The van der Waals surface area contributed by atoms with Crippen molar-refractivity contribution in [2.45, 2.75) is 46.1 Å². The normalized spacial score (nSPS) is 23.4. The number of aryl methyl sites for hydroxylation is 1. The molecule has 132 valence electrons. The van der Waals surface area contributed by atoms with Crippen LogP contribution < -0.4 is 10.1 Å². The molecule has 0 heterocycles. The Morgan fingerprint density at radius 3 is 2.71 bits per heavy atom. The number of rotatable bonds is 5. The molecule has 1 aromatic carbocycles. The van der Waals surface area contributed by atoms with Gasteiger partial charge in [0.05, 0.1) is 7.11 Å². The minimum absolute atomic E-state index is 0.161. The summed E-state index contributed by atoms with van der Waals surface area (Å²) in [6.45, 7) is 5.99. The fourth-order valence-electron chi connectivity index (χ4n) is 3.22. The summed E-state index contributed by atoms with van der Waals surface area (Å²) in [5.74, 6) is 0.691. The van der Waals surface area contributed by atoms with E-state index in [1.54, 1.807) is 12.1 Å². The number of nitrogens with one attached hydrogen (secondary N) is 1. The van der Waals surface area contributed by atoms with Crippen LogP contribution in [0.25, 0.3) is 0 Å². The Labute approximate surface area is 143 Å². The molecule has 2 rings (SSSR count). The maximum absolute atomic E-state index is 12.2. The van der Waals surface area contributed by atoms with Crippen LogP contribution in [0.5, 0.6) is 5.75 Å². The van der Waals surface area contributed by atoms with Crippen molar-refractivity contribution in [1.29, 1.82) is 0 Å². The highest BCUT2D eigenvalue weighted by molar-refractivity contribution is 5.94. The third kappa shape index (κ3) is 4.49. The molecule has 24 heavy (non-hydrogen) atoms. The van der Waals surface area contributed by atoms with Crippen LogP contribution in [0.3, 0.4) is 0 Å². The van der Waals surface area contributed by atoms with Gasteiger partial charge in [-0.2, -0.15) is 0 Å². The Hall–Kier alpha value is -2.04. The molecule has 0 spiro atoms. The predicted octanol–water partition coefficient (Wildman–Crippen LogP) is 3.10. The van der Waals surface area contributed by atoms with E-state index in [-0.39, 0.29) is 18.6 Å². The van der Waals surface area contributed by atoms with Crippen molar-refractivity contribution in [3.05, 3.63) is 29.3 Å². The molecule has 1 amide bonds. The zero-order chi connectivity index (χ0) is 17.7. The van der Waals surface area contributed by atoms with Gasteiger partial charge < -0.3 is 14.8 Å². The molecule has 0 bridgehead atoms. The summed E-state index contributed by atoms with van der Waals surface area (Å²) in [6.07, 6.45) is 3.31. The Morgan fingerprint density at radius 1 is 1.25 bits per heavy atom. The van der Waals surface area contributed by atoms with E-state index in [2.05, 4.69) is 19.2 Å². The molecule has 0 unspecified atom stereocenters. The maximum atomic E-state index is 12.2. The van der Waals surface area contributed by atoms with E-state index in [9.17, 15) is 9.59 Å². The van der Waals surface area contributed by atoms with Crippen LogP contribution in [0.2, 0.25) is 0 Å². The van der Waals surface area contributed by atoms with Crippen LogP contribution in [0.15, 0.2) is 18.2 Å². The average molecular weight is 333 g/mol. The summed E-state index contributed by atoms with van der Waals surface area (Å²) in [5.41, 5.74) is 1.27. The van der Waals surface area contributed by atoms with Gasteiger partial charge >= 0.3 is 5.97 Å². The molecule has 1 aromatic rings. The van der Waals surface area contributed by atoms with Crippen LogP contribution in [-0.4, -0.2) is 31.6 Å². The minimum Gasteiger partial charge on any atom is -0.496 e. The van der Waals surface area contributed by atoms with E-state index < -0.39 is 5.97 Å². The van der Waals surface area contributed by atoms with Crippen molar-refractivity contribution in [3.8, 4) is 5.75 Å². The smallest absolute Gasteiger partial charge is 0.342 e. The number of benzene rings is 1. The van der Waals surface area contributed by atoms with E-state index in [1.807, 2.05) is 13.0 Å². The molecule has 1 aliphatic rings. The second kappa shape index (κ2) is 8.18. The highest BCUT2D eigenvalue weighted by Crippen LogP contribution is 2.29. The highest BCUT2D eigenvalue weighted by Gasteiger charge is 2.28. The summed E-state index contributed by atoms with van der Waals surface area (Å²) in [7, 11) is 1.50. The van der Waals surface area contributed by atoms with Gasteiger partial charge in [-0.15, -0.1) is 0 Å². The SMILES string of the molecule is COc1ccc(C)cc1C(=O)OCC(=O)N[C@@H]1CCC[C@@H](C)[C@@H]1C. The molecule has 0 saturated heterocycles. The third-order valence-corrected chi connectivity index (χ3v) is 4.96. The topological polar surface area (TPSA) is 64.6 Å². The fraction of sp³-hybridized carbons (Fsp3) is 0.579. The number of ether oxygens (including phenoxy) is 2. The van der Waals surface area contributed by atoms with E-state index in [1.165, 1.54) is 13.5 Å². The molecule has 0 aromatic heterocycles. The Morgan fingerprint density at radius 2 is 2.00 bits per heavy atom. The number of hydrogen-bond acceptors (Lipinski definition) is 4. The van der Waals surface area contributed by atoms with Crippen molar-refractivity contribution in [2.75, 3.05) is 13.7 Å². The Kier molecular flexibility index (Phi) is 6.23. The molecule has 5 nitrogen and oxygen atoms in total. The average Bonchev–Trinajstić information content (AvgIpc) is 2.56. The summed E-state index contributed by atoms with van der Waals surface area (Å²) in [4.78, 5) is 24.3. The lowest BCUT2D eigenvalue weighted by Gasteiger charge is -2.34. The van der Waals surface area contributed by atoms with Gasteiger partial charge in [-0.1, -0.05) is 38.3 Å². The second-order valence-electron chi connectivity index (χ2n) is 6.72. The first kappa shape index (κ1) is 18.3. The van der Waals surface area contributed by atoms with Crippen LogP contribution in [0.1, 0.15) is 49.0 Å². The molecule has 1 saturated carbocycles. The quantitative estimate of drug-likeness (QED) is 0.841. The van der Waals surface area contributed by atoms with E-state index in [0.717, 1.165) is 18.4 Å². The van der Waals surface area contributed by atoms with Crippen molar-refractivity contribution < 1.29 is 19.1 Å². The first-order valence-electron chi connectivity index (χ1n) is 8.53. The van der Waals surface area contributed by atoms with Gasteiger partial charge in [0.2, 0.25) is 0 Å². The number of carbonyl (C=O) groups is 2. The molecule has 1 fully saturated rings. The van der Waals surface area contributed by atoms with E-state index in [4.69, 9.17) is 9.47 Å². The number of esters is 1.